The van der Waals surface area contributed by atoms with Gasteiger partial charge in [-0.25, -0.2) is 0 Å². The Morgan fingerprint density at radius 3 is 2.81 bits per heavy atom. The number of rotatable bonds is 4. The van der Waals surface area contributed by atoms with Crippen LogP contribution in [0.25, 0.3) is 0 Å². The molecule has 108 valence electrons. The molecule has 1 amide bonds. The van der Waals surface area contributed by atoms with E-state index in [4.69, 9.17) is 12.2 Å². The van der Waals surface area contributed by atoms with Crippen LogP contribution in [-0.4, -0.2) is 27.0 Å². The second-order valence-electron chi connectivity index (χ2n) is 5.02. The van der Waals surface area contributed by atoms with Crippen LogP contribution in [0.5, 0.6) is 0 Å². The number of amides is 1. The highest BCUT2D eigenvalue weighted by Gasteiger charge is 2.29. The predicted octanol–water partition coefficient (Wildman–Crippen LogP) is 2.66. The van der Waals surface area contributed by atoms with E-state index in [1.54, 1.807) is 10.9 Å². The van der Waals surface area contributed by atoms with E-state index in [0.29, 0.717) is 10.7 Å². The van der Waals surface area contributed by atoms with Crippen molar-refractivity contribution in [2.75, 3.05) is 5.32 Å². The zero-order valence-electron chi connectivity index (χ0n) is 11.5. The van der Waals surface area contributed by atoms with Crippen molar-refractivity contribution < 1.29 is 4.79 Å². The Bertz CT molecular complexity index is 739. The van der Waals surface area contributed by atoms with Crippen LogP contribution in [-0.2, 0) is 4.79 Å². The van der Waals surface area contributed by atoms with Crippen molar-refractivity contribution in [3.05, 3.63) is 40.4 Å². The molecular formula is C14H15N5OS. The molecule has 1 fully saturated rings. The zero-order valence-corrected chi connectivity index (χ0v) is 12.4. The molecular weight excluding hydrogens is 286 g/mol. The van der Waals surface area contributed by atoms with E-state index in [9.17, 15) is 4.79 Å². The zero-order chi connectivity index (χ0) is 14.8. The Hall–Kier alpha value is -2.28. The molecule has 1 saturated carbocycles. The van der Waals surface area contributed by atoms with Crippen molar-refractivity contribution in [1.82, 2.24) is 14.9 Å². The number of carbonyl (C=O) groups is 1. The Kier molecular flexibility index (Phi) is 3.66. The second kappa shape index (κ2) is 5.61. The fraction of sp³-hybridized carbons (Fsp3) is 0.286. The van der Waals surface area contributed by atoms with Crippen molar-refractivity contribution in [2.45, 2.75) is 25.7 Å². The van der Waals surface area contributed by atoms with Gasteiger partial charge in [-0.1, -0.05) is 12.1 Å². The van der Waals surface area contributed by atoms with E-state index in [-0.39, 0.29) is 5.91 Å². The number of nitrogens with one attached hydrogen (secondary N) is 2. The minimum Gasteiger partial charge on any atom is -0.326 e. The van der Waals surface area contributed by atoms with Crippen LogP contribution in [0.15, 0.2) is 29.4 Å². The smallest absolute Gasteiger partial charge is 0.221 e. The van der Waals surface area contributed by atoms with Gasteiger partial charge in [-0.15, -0.1) is 0 Å². The minimum atomic E-state index is -0.0878. The summed E-state index contributed by atoms with van der Waals surface area (Å²) in [4.78, 5) is 11.0. The molecule has 1 aliphatic carbocycles. The number of aromatic nitrogens is 3. The van der Waals surface area contributed by atoms with E-state index in [2.05, 4.69) is 20.6 Å². The van der Waals surface area contributed by atoms with E-state index >= 15 is 0 Å². The molecule has 0 unspecified atom stereocenters. The molecule has 1 aliphatic rings. The summed E-state index contributed by atoms with van der Waals surface area (Å²) in [6.07, 6.45) is 4.01. The van der Waals surface area contributed by atoms with Crippen LogP contribution in [0.4, 0.5) is 5.69 Å². The van der Waals surface area contributed by atoms with Crippen molar-refractivity contribution in [1.29, 1.82) is 0 Å². The monoisotopic (exact) mass is 301 g/mol. The van der Waals surface area contributed by atoms with Crippen LogP contribution in [0.1, 0.15) is 37.1 Å². The Labute approximate surface area is 126 Å². The standard InChI is InChI=1S/C14H15N5OS/c1-9(20)16-12-6-2-10(3-7-12)8-15-19-13(11-4-5-11)17-18-14(19)21/h2-3,6-8,11H,4-5H2,1H3,(H,16,20)(H,18,21)/b15-8-. The van der Waals surface area contributed by atoms with Crippen molar-refractivity contribution in [2.24, 2.45) is 5.10 Å². The number of hydrogen-bond acceptors (Lipinski definition) is 4. The van der Waals surface area contributed by atoms with Crippen LogP contribution >= 0.6 is 12.2 Å². The molecule has 0 spiro atoms. The first-order valence-corrected chi connectivity index (χ1v) is 7.13. The lowest BCUT2D eigenvalue weighted by Gasteiger charge is -2.02. The third-order valence-electron chi connectivity index (χ3n) is 3.17. The maximum atomic E-state index is 11.0. The van der Waals surface area contributed by atoms with Gasteiger partial charge in [-0.2, -0.15) is 14.9 Å². The number of aromatic amines is 1. The normalized spacial score (nSPS) is 14.5. The third-order valence-corrected chi connectivity index (χ3v) is 3.44. The number of carbonyl (C=O) groups excluding carboxylic acids is 1. The summed E-state index contributed by atoms with van der Waals surface area (Å²) in [7, 11) is 0. The maximum Gasteiger partial charge on any atom is 0.221 e. The van der Waals surface area contributed by atoms with Crippen LogP contribution in [0, 0.1) is 4.77 Å². The first-order valence-electron chi connectivity index (χ1n) is 6.73. The molecule has 1 aromatic carbocycles. The van der Waals surface area contributed by atoms with Crippen LogP contribution in [0.2, 0.25) is 0 Å². The van der Waals surface area contributed by atoms with E-state index < -0.39 is 0 Å². The van der Waals surface area contributed by atoms with Crippen LogP contribution in [0.3, 0.4) is 0 Å². The molecule has 6 nitrogen and oxygen atoms in total. The number of H-pyrrole nitrogens is 1. The average Bonchev–Trinajstić information content (AvgIpc) is 3.22. The van der Waals surface area contributed by atoms with Gasteiger partial charge in [0.1, 0.15) is 0 Å². The number of benzene rings is 1. The molecule has 0 radical (unpaired) electrons. The number of nitrogens with zero attached hydrogens (tertiary/aromatic N) is 3. The molecule has 0 atom stereocenters. The Morgan fingerprint density at radius 1 is 1.48 bits per heavy atom. The van der Waals surface area contributed by atoms with Gasteiger partial charge in [0.25, 0.3) is 0 Å². The first kappa shape index (κ1) is 13.7. The molecule has 0 bridgehead atoms. The molecule has 2 aromatic rings. The minimum absolute atomic E-state index is 0.0878. The average molecular weight is 301 g/mol. The fourth-order valence-corrected chi connectivity index (χ4v) is 2.19. The molecule has 0 aliphatic heterocycles. The van der Waals surface area contributed by atoms with Gasteiger partial charge in [0.05, 0.1) is 6.21 Å². The molecule has 1 heterocycles. The predicted molar refractivity (Wildman–Crippen MR) is 83.1 cm³/mol. The lowest BCUT2D eigenvalue weighted by atomic mass is 10.2. The van der Waals surface area contributed by atoms with Crippen molar-refractivity contribution in [3.8, 4) is 0 Å². The SMILES string of the molecule is CC(=O)Nc1ccc(/C=N\n2c(C3CC3)n[nH]c2=S)cc1. The maximum absolute atomic E-state index is 11.0. The summed E-state index contributed by atoms with van der Waals surface area (Å²) < 4.78 is 2.18. The van der Waals surface area contributed by atoms with Crippen LogP contribution < -0.4 is 5.32 Å². The summed E-state index contributed by atoms with van der Waals surface area (Å²) in [5.74, 6) is 1.28. The Morgan fingerprint density at radius 2 is 2.19 bits per heavy atom. The van der Waals surface area contributed by atoms with Crippen molar-refractivity contribution in [3.63, 3.8) is 0 Å². The summed E-state index contributed by atoms with van der Waals surface area (Å²) in [5, 5.41) is 14.1. The van der Waals surface area contributed by atoms with Gasteiger partial charge in [0.15, 0.2) is 5.82 Å². The highest BCUT2D eigenvalue weighted by molar-refractivity contribution is 7.71. The summed E-state index contributed by atoms with van der Waals surface area (Å²) in [5.41, 5.74) is 1.69. The lowest BCUT2D eigenvalue weighted by Crippen LogP contribution is -2.05. The quantitative estimate of drug-likeness (QED) is 0.673. The van der Waals surface area contributed by atoms with Gasteiger partial charge in [-0.05, 0) is 42.8 Å². The topological polar surface area (TPSA) is 75.1 Å². The number of hydrogen-bond donors (Lipinski definition) is 2. The fourth-order valence-electron chi connectivity index (χ4n) is 2.00. The number of anilines is 1. The summed E-state index contributed by atoms with van der Waals surface area (Å²) in [6.45, 7) is 1.48. The van der Waals surface area contributed by atoms with E-state index in [1.807, 2.05) is 24.3 Å². The Balaban J connectivity index is 1.78. The van der Waals surface area contributed by atoms with Gasteiger partial charge < -0.3 is 5.32 Å². The first-order chi connectivity index (χ1) is 10.1. The highest BCUT2D eigenvalue weighted by Crippen LogP contribution is 2.38. The molecule has 0 saturated heterocycles. The van der Waals surface area contributed by atoms with Gasteiger partial charge in [0.2, 0.25) is 10.7 Å². The molecule has 2 N–H and O–H groups in total. The van der Waals surface area contributed by atoms with Gasteiger partial charge in [0, 0.05) is 18.5 Å². The summed E-state index contributed by atoms with van der Waals surface area (Å²) >= 11 is 5.19. The molecule has 21 heavy (non-hydrogen) atoms. The van der Waals surface area contributed by atoms with E-state index in [1.165, 1.54) is 6.92 Å². The molecule has 3 rings (SSSR count). The van der Waals surface area contributed by atoms with Crippen molar-refractivity contribution >= 4 is 30.0 Å². The van der Waals surface area contributed by atoms with Gasteiger partial charge >= 0.3 is 0 Å². The molecule has 1 aromatic heterocycles. The lowest BCUT2D eigenvalue weighted by molar-refractivity contribution is -0.114. The van der Waals surface area contributed by atoms with Gasteiger partial charge in [-0.3, -0.25) is 9.89 Å². The highest BCUT2D eigenvalue weighted by atomic mass is 32.1. The molecule has 7 heteroatoms. The second-order valence-corrected chi connectivity index (χ2v) is 5.41. The van der Waals surface area contributed by atoms with E-state index in [0.717, 1.165) is 29.9 Å². The largest absolute Gasteiger partial charge is 0.326 e. The summed E-state index contributed by atoms with van der Waals surface area (Å²) in [6, 6.07) is 7.43. The third kappa shape index (κ3) is 3.25.